The number of nitrogens with one attached hydrogen (secondary N) is 1. The maximum Gasteiger partial charge on any atom is 0.409 e. The van der Waals surface area contributed by atoms with Crippen LogP contribution in [0.3, 0.4) is 0 Å². The SMILES string of the molecule is CCOC(=O)N1CCN(c2ccc(CNS(=O)(=O)C(CC(C)C)c3ccccc3)cc2)CC1. The zero-order chi connectivity index (χ0) is 23.8. The Morgan fingerprint density at radius 1 is 1.00 bits per heavy atom. The first-order valence-electron chi connectivity index (χ1n) is 11.6. The molecule has 1 fully saturated rings. The van der Waals surface area contributed by atoms with E-state index in [1.54, 1.807) is 4.90 Å². The van der Waals surface area contributed by atoms with E-state index in [2.05, 4.69) is 9.62 Å². The average molecular weight is 474 g/mol. The Morgan fingerprint density at radius 2 is 1.64 bits per heavy atom. The number of benzene rings is 2. The number of hydrogen-bond acceptors (Lipinski definition) is 5. The van der Waals surface area contributed by atoms with Crippen LogP contribution in [0.25, 0.3) is 0 Å². The van der Waals surface area contributed by atoms with Crippen LogP contribution in [0.15, 0.2) is 54.6 Å². The maximum atomic E-state index is 13.1. The van der Waals surface area contributed by atoms with Crippen molar-refractivity contribution >= 4 is 21.8 Å². The zero-order valence-corrected chi connectivity index (χ0v) is 20.6. The molecule has 1 amide bonds. The first-order chi connectivity index (χ1) is 15.8. The van der Waals surface area contributed by atoms with Crippen molar-refractivity contribution in [3.05, 3.63) is 65.7 Å². The van der Waals surface area contributed by atoms with E-state index in [4.69, 9.17) is 4.74 Å². The van der Waals surface area contributed by atoms with Gasteiger partial charge in [0.15, 0.2) is 0 Å². The number of rotatable bonds is 9. The minimum absolute atomic E-state index is 0.251. The molecule has 0 aromatic heterocycles. The van der Waals surface area contributed by atoms with E-state index < -0.39 is 15.3 Å². The molecule has 0 radical (unpaired) electrons. The zero-order valence-electron chi connectivity index (χ0n) is 19.7. The fraction of sp³-hybridized carbons (Fsp3) is 0.480. The summed E-state index contributed by atoms with van der Waals surface area (Å²) in [6.45, 7) is 9.23. The summed E-state index contributed by atoms with van der Waals surface area (Å²) < 4.78 is 34.1. The Bertz CT molecular complexity index is 986. The molecule has 0 spiro atoms. The first kappa shape index (κ1) is 25.1. The Hall–Kier alpha value is -2.58. The van der Waals surface area contributed by atoms with Crippen molar-refractivity contribution < 1.29 is 17.9 Å². The fourth-order valence-corrected chi connectivity index (χ4v) is 5.73. The van der Waals surface area contributed by atoms with Gasteiger partial charge >= 0.3 is 6.09 Å². The van der Waals surface area contributed by atoms with Crippen molar-refractivity contribution in [2.24, 2.45) is 5.92 Å². The Morgan fingerprint density at radius 3 is 2.21 bits per heavy atom. The van der Waals surface area contributed by atoms with E-state index >= 15 is 0 Å². The highest BCUT2D eigenvalue weighted by Crippen LogP contribution is 2.29. The number of hydrogen-bond donors (Lipinski definition) is 1. The lowest BCUT2D eigenvalue weighted by Gasteiger charge is -2.35. The average Bonchev–Trinajstić information content (AvgIpc) is 2.82. The van der Waals surface area contributed by atoms with Gasteiger partial charge in [-0.1, -0.05) is 56.3 Å². The van der Waals surface area contributed by atoms with E-state index in [0.29, 0.717) is 26.1 Å². The third-order valence-corrected chi connectivity index (χ3v) is 7.58. The molecule has 2 aromatic rings. The van der Waals surface area contributed by atoms with Gasteiger partial charge in [0.1, 0.15) is 5.25 Å². The fourth-order valence-electron chi connectivity index (χ4n) is 4.01. The largest absolute Gasteiger partial charge is 0.450 e. The van der Waals surface area contributed by atoms with Crippen LogP contribution in [-0.4, -0.2) is 52.2 Å². The van der Waals surface area contributed by atoms with Crippen LogP contribution >= 0.6 is 0 Å². The van der Waals surface area contributed by atoms with Crippen LogP contribution in [0.5, 0.6) is 0 Å². The van der Waals surface area contributed by atoms with Gasteiger partial charge in [0.2, 0.25) is 10.0 Å². The lowest BCUT2D eigenvalue weighted by atomic mass is 10.0. The lowest BCUT2D eigenvalue weighted by Crippen LogP contribution is -2.49. The maximum absolute atomic E-state index is 13.1. The number of carbonyl (C=O) groups excluding carboxylic acids is 1. The van der Waals surface area contributed by atoms with Crippen LogP contribution in [0, 0.1) is 5.92 Å². The molecule has 1 saturated heterocycles. The van der Waals surface area contributed by atoms with Crippen LogP contribution in [0.2, 0.25) is 0 Å². The molecular weight excluding hydrogens is 438 g/mol. The predicted molar refractivity (Wildman–Crippen MR) is 132 cm³/mol. The quantitative estimate of drug-likeness (QED) is 0.591. The number of ether oxygens (including phenoxy) is 1. The van der Waals surface area contributed by atoms with E-state index in [1.165, 1.54) is 0 Å². The van der Waals surface area contributed by atoms with Gasteiger partial charge < -0.3 is 14.5 Å². The number of nitrogens with zero attached hydrogens (tertiary/aromatic N) is 2. The third-order valence-electron chi connectivity index (χ3n) is 5.82. The molecule has 1 atom stereocenters. The van der Waals surface area contributed by atoms with Crippen molar-refractivity contribution in [1.82, 2.24) is 9.62 Å². The van der Waals surface area contributed by atoms with Gasteiger partial charge in [-0.15, -0.1) is 0 Å². The predicted octanol–water partition coefficient (Wildman–Crippen LogP) is 4.17. The molecule has 0 saturated carbocycles. The number of amides is 1. The molecule has 180 valence electrons. The summed E-state index contributed by atoms with van der Waals surface area (Å²) >= 11 is 0. The van der Waals surface area contributed by atoms with Crippen LogP contribution in [-0.2, 0) is 21.3 Å². The molecule has 0 bridgehead atoms. The molecule has 8 heteroatoms. The first-order valence-corrected chi connectivity index (χ1v) is 13.1. The smallest absolute Gasteiger partial charge is 0.409 e. The summed E-state index contributed by atoms with van der Waals surface area (Å²) in [7, 11) is -3.53. The van der Waals surface area contributed by atoms with Crippen molar-refractivity contribution in [1.29, 1.82) is 0 Å². The molecular formula is C25H35N3O4S. The molecule has 1 unspecified atom stereocenters. The van der Waals surface area contributed by atoms with Crippen molar-refractivity contribution in [2.75, 3.05) is 37.7 Å². The molecule has 1 aliphatic heterocycles. The summed E-state index contributed by atoms with van der Waals surface area (Å²) in [5.41, 5.74) is 2.78. The summed E-state index contributed by atoms with van der Waals surface area (Å²) in [5, 5.41) is -0.575. The molecule has 33 heavy (non-hydrogen) atoms. The van der Waals surface area contributed by atoms with Gasteiger partial charge in [-0.2, -0.15) is 0 Å². The third kappa shape index (κ3) is 6.95. The second-order valence-corrected chi connectivity index (χ2v) is 10.7. The highest BCUT2D eigenvalue weighted by atomic mass is 32.2. The molecule has 0 aliphatic carbocycles. The second-order valence-electron chi connectivity index (χ2n) is 8.73. The van der Waals surface area contributed by atoms with Crippen LogP contribution < -0.4 is 9.62 Å². The summed E-state index contributed by atoms with van der Waals surface area (Å²) in [4.78, 5) is 15.8. The molecule has 7 nitrogen and oxygen atoms in total. The minimum atomic E-state index is -3.53. The van der Waals surface area contributed by atoms with Gasteiger partial charge in [-0.3, -0.25) is 0 Å². The Kier molecular flexibility index (Phi) is 8.74. The molecule has 1 aliphatic rings. The Balaban J connectivity index is 1.59. The molecule has 1 heterocycles. The van der Waals surface area contributed by atoms with Gasteiger partial charge in [0.25, 0.3) is 0 Å². The summed E-state index contributed by atoms with van der Waals surface area (Å²) in [6.07, 6.45) is 0.307. The van der Waals surface area contributed by atoms with Gasteiger partial charge in [0.05, 0.1) is 6.61 Å². The second kappa shape index (κ2) is 11.5. The Labute approximate surface area is 197 Å². The van der Waals surface area contributed by atoms with Crippen molar-refractivity contribution in [3.8, 4) is 0 Å². The van der Waals surface area contributed by atoms with Crippen molar-refractivity contribution in [3.63, 3.8) is 0 Å². The minimum Gasteiger partial charge on any atom is -0.450 e. The summed E-state index contributed by atoms with van der Waals surface area (Å²) in [6, 6.07) is 17.3. The molecule has 3 rings (SSSR count). The van der Waals surface area contributed by atoms with Gasteiger partial charge in [-0.25, -0.2) is 17.9 Å². The number of carbonyl (C=O) groups is 1. The van der Waals surface area contributed by atoms with Crippen LogP contribution in [0.4, 0.5) is 10.5 Å². The highest BCUT2D eigenvalue weighted by molar-refractivity contribution is 7.89. The standard InChI is InChI=1S/C25H35N3O4S/c1-4-32-25(29)28-16-14-27(15-17-28)23-12-10-21(11-13-23)19-26-33(30,31)24(18-20(2)3)22-8-6-5-7-9-22/h5-13,20,24,26H,4,14-19H2,1-3H3. The van der Waals surface area contributed by atoms with Crippen molar-refractivity contribution in [2.45, 2.75) is 39.0 Å². The summed E-state index contributed by atoms with van der Waals surface area (Å²) in [5.74, 6) is 0.260. The van der Waals surface area contributed by atoms with E-state index in [0.717, 1.165) is 29.9 Å². The lowest BCUT2D eigenvalue weighted by molar-refractivity contribution is 0.105. The number of anilines is 1. The van der Waals surface area contributed by atoms with E-state index in [-0.39, 0.29) is 18.6 Å². The highest BCUT2D eigenvalue weighted by Gasteiger charge is 2.28. The molecule has 2 aromatic carbocycles. The van der Waals surface area contributed by atoms with Gasteiger partial charge in [-0.05, 0) is 42.5 Å². The monoisotopic (exact) mass is 473 g/mol. The number of sulfonamides is 1. The normalized spacial score (nSPS) is 15.5. The van der Waals surface area contributed by atoms with Crippen LogP contribution in [0.1, 0.15) is 43.6 Å². The van der Waals surface area contributed by atoms with E-state index in [9.17, 15) is 13.2 Å². The van der Waals surface area contributed by atoms with Gasteiger partial charge in [0, 0.05) is 38.4 Å². The van der Waals surface area contributed by atoms with E-state index in [1.807, 2.05) is 75.4 Å². The topological polar surface area (TPSA) is 79.0 Å². The molecule has 1 N–H and O–H groups in total. The number of piperazine rings is 1.